The van der Waals surface area contributed by atoms with Crippen LogP contribution < -0.4 is 0 Å². The van der Waals surface area contributed by atoms with Crippen LogP contribution in [0.2, 0.25) is 0 Å². The molecule has 2 aliphatic heterocycles. The highest BCUT2D eigenvalue weighted by atomic mass is 19.1. The van der Waals surface area contributed by atoms with E-state index in [0.717, 1.165) is 69.5 Å². The van der Waals surface area contributed by atoms with Crippen LogP contribution in [0.4, 0.5) is 4.39 Å². The number of fused-ring (bicyclic) bond motifs is 1. The summed E-state index contributed by atoms with van der Waals surface area (Å²) < 4.78 is 16.6. The van der Waals surface area contributed by atoms with E-state index in [0.29, 0.717) is 18.4 Å². The number of aromatic nitrogens is 2. The number of imidazole rings is 1. The lowest BCUT2D eigenvalue weighted by Crippen LogP contribution is -2.43. The van der Waals surface area contributed by atoms with Crippen molar-refractivity contribution in [2.45, 2.75) is 56.4 Å². The van der Waals surface area contributed by atoms with Gasteiger partial charge in [-0.3, -0.25) is 9.69 Å². The number of hydrogen-bond acceptors (Lipinski definition) is 4. The molecule has 1 unspecified atom stereocenters. The van der Waals surface area contributed by atoms with Crippen molar-refractivity contribution in [2.75, 3.05) is 32.7 Å². The van der Waals surface area contributed by atoms with Crippen LogP contribution in [-0.4, -0.2) is 69.0 Å². The van der Waals surface area contributed by atoms with Gasteiger partial charge in [-0.15, -0.1) is 0 Å². The van der Waals surface area contributed by atoms with E-state index in [9.17, 15) is 14.3 Å². The third-order valence-electron chi connectivity index (χ3n) is 10.4. The fourth-order valence-corrected chi connectivity index (χ4v) is 7.76. The first-order chi connectivity index (χ1) is 21.0. The summed E-state index contributed by atoms with van der Waals surface area (Å²) >= 11 is 0. The minimum Gasteiger partial charge on any atom is -0.480 e. The molecule has 1 N–H and O–H groups in total. The van der Waals surface area contributed by atoms with E-state index >= 15 is 0 Å². The molecular weight excluding hydrogens is 539 g/mol. The predicted molar refractivity (Wildman–Crippen MR) is 167 cm³/mol. The van der Waals surface area contributed by atoms with Gasteiger partial charge in [0, 0.05) is 49.6 Å². The van der Waals surface area contributed by atoms with Gasteiger partial charge in [0.2, 0.25) is 0 Å². The molecule has 7 heteroatoms. The van der Waals surface area contributed by atoms with Gasteiger partial charge in [0.05, 0.1) is 0 Å². The minimum atomic E-state index is -0.713. The first-order valence-electron chi connectivity index (χ1n) is 16.0. The molecule has 4 heterocycles. The highest BCUT2D eigenvalue weighted by Gasteiger charge is 2.41. The number of halogens is 1. The largest absolute Gasteiger partial charge is 0.480 e. The smallest absolute Gasteiger partial charge is 0.320 e. The van der Waals surface area contributed by atoms with Crippen LogP contribution in [0.25, 0.3) is 16.8 Å². The van der Waals surface area contributed by atoms with Crippen molar-refractivity contribution in [1.29, 1.82) is 0 Å². The van der Waals surface area contributed by atoms with Crippen LogP contribution in [0, 0.1) is 17.7 Å². The lowest BCUT2D eigenvalue weighted by molar-refractivity contribution is -0.144. The van der Waals surface area contributed by atoms with Crippen LogP contribution in [0.5, 0.6) is 0 Å². The number of aliphatic carboxylic acids is 1. The Bertz CT molecular complexity index is 1560. The van der Waals surface area contributed by atoms with E-state index in [2.05, 4.69) is 56.8 Å². The van der Waals surface area contributed by atoms with Crippen molar-refractivity contribution in [3.05, 3.63) is 96.2 Å². The third-order valence-corrected chi connectivity index (χ3v) is 10.4. The highest BCUT2D eigenvalue weighted by Crippen LogP contribution is 2.39. The van der Waals surface area contributed by atoms with Gasteiger partial charge in [-0.2, -0.15) is 0 Å². The molecule has 0 radical (unpaired) electrons. The second kappa shape index (κ2) is 12.2. The normalized spacial score (nSPS) is 23.0. The van der Waals surface area contributed by atoms with Gasteiger partial charge in [-0.1, -0.05) is 61.7 Å². The number of nitrogens with zero attached hydrogens (tertiary/aromatic N) is 4. The van der Waals surface area contributed by atoms with Crippen LogP contribution in [0.15, 0.2) is 79.1 Å². The van der Waals surface area contributed by atoms with Crippen molar-refractivity contribution in [2.24, 2.45) is 11.8 Å². The molecule has 0 bridgehead atoms. The minimum absolute atomic E-state index is 0.131. The molecule has 4 aromatic rings. The molecule has 3 atom stereocenters. The number of rotatable bonds is 9. The lowest BCUT2D eigenvalue weighted by atomic mass is 9.80. The molecule has 0 amide bonds. The molecule has 6 nitrogen and oxygen atoms in total. The second-order valence-corrected chi connectivity index (χ2v) is 13.0. The van der Waals surface area contributed by atoms with Gasteiger partial charge in [0.1, 0.15) is 17.5 Å². The average molecular weight is 581 g/mol. The maximum absolute atomic E-state index is 14.3. The summed E-state index contributed by atoms with van der Waals surface area (Å²) in [5, 5.41) is 10.2. The number of benzene rings is 2. The van der Waals surface area contributed by atoms with Crippen LogP contribution >= 0.6 is 0 Å². The molecule has 0 spiro atoms. The van der Waals surface area contributed by atoms with E-state index in [4.69, 9.17) is 4.98 Å². The zero-order valence-electron chi connectivity index (χ0n) is 24.7. The van der Waals surface area contributed by atoms with Gasteiger partial charge < -0.3 is 14.4 Å². The maximum Gasteiger partial charge on any atom is 0.320 e. The van der Waals surface area contributed by atoms with Gasteiger partial charge in [-0.25, -0.2) is 9.37 Å². The summed E-state index contributed by atoms with van der Waals surface area (Å²) in [7, 11) is 0. The van der Waals surface area contributed by atoms with Gasteiger partial charge in [-0.05, 0) is 85.1 Å². The van der Waals surface area contributed by atoms with E-state index in [-0.39, 0.29) is 17.7 Å². The second-order valence-electron chi connectivity index (χ2n) is 13.0. The number of carboxylic acid groups (broad SMARTS) is 1. The number of piperidine rings is 1. The fourth-order valence-electron chi connectivity index (χ4n) is 7.76. The van der Waals surface area contributed by atoms with Crippen molar-refractivity contribution < 1.29 is 14.3 Å². The van der Waals surface area contributed by atoms with Crippen molar-refractivity contribution >= 4 is 11.6 Å². The Labute approximate surface area is 253 Å². The average Bonchev–Trinajstić information content (AvgIpc) is 3.61. The summed E-state index contributed by atoms with van der Waals surface area (Å²) in [5.74, 6) is 0.432. The molecule has 2 aromatic carbocycles. The topological polar surface area (TPSA) is 61.1 Å². The Balaban J connectivity index is 1.05. The molecule has 224 valence electrons. The fraction of sp³-hybridized carbons (Fsp3) is 0.444. The molecule has 1 saturated carbocycles. The van der Waals surface area contributed by atoms with E-state index in [1.165, 1.54) is 29.3 Å². The molecule has 7 rings (SSSR count). The summed E-state index contributed by atoms with van der Waals surface area (Å²) in [6.07, 6.45) is 10.6. The first-order valence-corrected chi connectivity index (χ1v) is 16.0. The number of likely N-dealkylation sites (tertiary alicyclic amines) is 2. The number of hydrogen-bond donors (Lipinski definition) is 1. The molecule has 1 aliphatic carbocycles. The van der Waals surface area contributed by atoms with Crippen LogP contribution in [0.1, 0.15) is 61.6 Å². The monoisotopic (exact) mass is 580 g/mol. The highest BCUT2D eigenvalue weighted by molar-refractivity contribution is 5.73. The Kier molecular flexibility index (Phi) is 8.02. The maximum atomic E-state index is 14.3. The zero-order chi connectivity index (χ0) is 29.3. The molecule has 3 fully saturated rings. The molecular formula is C36H41FN4O2. The summed E-state index contributed by atoms with van der Waals surface area (Å²) in [6, 6.07) is 21.2. The Morgan fingerprint density at radius 1 is 0.953 bits per heavy atom. The van der Waals surface area contributed by atoms with Crippen LogP contribution in [-0.2, 0) is 4.79 Å². The molecule has 2 aromatic heterocycles. The van der Waals surface area contributed by atoms with Gasteiger partial charge in [0.25, 0.3) is 0 Å². The van der Waals surface area contributed by atoms with Gasteiger partial charge in [0.15, 0.2) is 0 Å². The quantitative estimate of drug-likeness (QED) is 0.239. The van der Waals surface area contributed by atoms with Crippen molar-refractivity contribution in [1.82, 2.24) is 19.2 Å². The third kappa shape index (κ3) is 5.98. The Hall–Kier alpha value is -3.55. The Morgan fingerprint density at radius 3 is 2.49 bits per heavy atom. The number of carboxylic acids is 1. The summed E-state index contributed by atoms with van der Waals surface area (Å²) in [4.78, 5) is 21.8. The number of pyridine rings is 1. The van der Waals surface area contributed by atoms with E-state index in [1.807, 2.05) is 18.3 Å². The van der Waals surface area contributed by atoms with E-state index in [1.54, 1.807) is 12.1 Å². The van der Waals surface area contributed by atoms with E-state index < -0.39 is 12.0 Å². The summed E-state index contributed by atoms with van der Waals surface area (Å²) in [5.41, 5.74) is 5.65. The first kappa shape index (κ1) is 28.2. The molecule has 43 heavy (non-hydrogen) atoms. The SMILES string of the molecule is O=C(O)[C@@H](CC1CCC1)N1CC(CN2CCC(c3cnc4ccc(-c5ccccc5)cn34)CC2)[C@@H](c2cccc(F)c2)C1. The zero-order valence-corrected chi connectivity index (χ0v) is 24.7. The molecule has 2 saturated heterocycles. The summed E-state index contributed by atoms with van der Waals surface area (Å²) in [6.45, 7) is 4.33. The van der Waals surface area contributed by atoms with Crippen molar-refractivity contribution in [3.8, 4) is 11.1 Å². The predicted octanol–water partition coefficient (Wildman–Crippen LogP) is 6.68. The Morgan fingerprint density at radius 2 is 1.77 bits per heavy atom. The van der Waals surface area contributed by atoms with Crippen molar-refractivity contribution in [3.63, 3.8) is 0 Å². The van der Waals surface area contributed by atoms with Gasteiger partial charge >= 0.3 is 5.97 Å². The molecule has 3 aliphatic rings. The lowest BCUT2D eigenvalue weighted by Gasteiger charge is -2.35. The standard InChI is InChI=1S/C36H41FN4O2/c37-31-11-5-10-28(19-31)32-24-40(33(36(42)43)18-25-6-4-7-25)22-30(32)21-39-16-14-27(15-17-39)34-20-38-35-13-12-29(23-41(34)35)26-8-2-1-3-9-26/h1-3,5,8-13,19-20,23,25,27,30,32-33H,4,6-7,14-18,21-22,24H2,(H,42,43)/t30?,32-,33-/m1/s1. The number of carbonyl (C=O) groups is 1. The van der Waals surface area contributed by atoms with Crippen LogP contribution in [0.3, 0.4) is 0 Å².